The van der Waals surface area contributed by atoms with Crippen molar-refractivity contribution in [2.45, 2.75) is 31.2 Å². The van der Waals surface area contributed by atoms with Crippen LogP contribution in [-0.4, -0.2) is 20.4 Å². The van der Waals surface area contributed by atoms with Gasteiger partial charge in [-0.1, -0.05) is 36.6 Å². The Hall–Kier alpha value is -2.40. The smallest absolute Gasteiger partial charge is 0.254 e. The van der Waals surface area contributed by atoms with Crippen molar-refractivity contribution in [1.82, 2.24) is 19.9 Å². The third-order valence-electron chi connectivity index (χ3n) is 5.05. The van der Waals surface area contributed by atoms with Gasteiger partial charge in [-0.05, 0) is 36.6 Å². The van der Waals surface area contributed by atoms with Crippen LogP contribution in [0.3, 0.4) is 0 Å². The molecule has 0 unspecified atom stereocenters. The zero-order valence-corrected chi connectivity index (χ0v) is 14.8. The Morgan fingerprint density at radius 2 is 1.88 bits per heavy atom. The van der Waals surface area contributed by atoms with E-state index in [1.54, 1.807) is 18.6 Å². The van der Waals surface area contributed by atoms with Crippen LogP contribution in [0.2, 0.25) is 5.02 Å². The molecule has 6 heteroatoms. The molecule has 0 bridgehead atoms. The van der Waals surface area contributed by atoms with Crippen LogP contribution in [0.25, 0.3) is 11.2 Å². The number of carbonyl (C=O) groups is 1. The Bertz CT molecular complexity index is 926. The normalized spacial score (nSPS) is 16.2. The van der Waals surface area contributed by atoms with E-state index in [4.69, 9.17) is 11.6 Å². The summed E-state index contributed by atoms with van der Waals surface area (Å²) in [4.78, 5) is 21.7. The number of nitrogens with one attached hydrogen (secondary N) is 1. The lowest BCUT2D eigenvalue weighted by Crippen LogP contribution is -2.43. The number of rotatable bonds is 3. The summed E-state index contributed by atoms with van der Waals surface area (Å²) in [7, 11) is 1.87. The number of hydrogen-bond acceptors (Lipinski definition) is 3. The second kappa shape index (κ2) is 6.15. The van der Waals surface area contributed by atoms with E-state index in [1.807, 2.05) is 35.9 Å². The molecule has 1 N–H and O–H groups in total. The Labute approximate surface area is 151 Å². The van der Waals surface area contributed by atoms with Crippen LogP contribution in [0.15, 0.2) is 42.9 Å². The molecule has 128 valence electrons. The lowest BCUT2D eigenvalue weighted by atomic mass is 9.87. The molecule has 0 spiro atoms. The summed E-state index contributed by atoms with van der Waals surface area (Å²) in [6, 6.07) is 9.52. The number of amides is 1. The van der Waals surface area contributed by atoms with E-state index in [-0.39, 0.29) is 11.4 Å². The molecule has 2 aromatic heterocycles. The molecule has 0 atom stereocenters. The lowest BCUT2D eigenvalue weighted by molar-refractivity contribution is 0.0899. The number of aromatic nitrogens is 3. The van der Waals surface area contributed by atoms with Gasteiger partial charge < -0.3 is 9.88 Å². The lowest BCUT2D eigenvalue weighted by Gasteiger charge is -2.31. The largest absolute Gasteiger partial charge is 0.342 e. The summed E-state index contributed by atoms with van der Waals surface area (Å²) >= 11 is 6.03. The third kappa shape index (κ3) is 2.78. The maximum Gasteiger partial charge on any atom is 0.254 e. The molecule has 1 amide bonds. The number of nitrogens with zero attached hydrogens (tertiary/aromatic N) is 3. The average Bonchev–Trinajstić information content (AvgIpc) is 3.23. The number of carbonyl (C=O) groups excluding carboxylic acids is 1. The Kier molecular flexibility index (Phi) is 3.96. The van der Waals surface area contributed by atoms with Crippen LogP contribution in [0.1, 0.15) is 41.6 Å². The molecule has 25 heavy (non-hydrogen) atoms. The molecule has 5 nitrogen and oxygen atoms in total. The van der Waals surface area contributed by atoms with Crippen molar-refractivity contribution >= 4 is 28.7 Å². The van der Waals surface area contributed by atoms with Gasteiger partial charge in [-0.2, -0.15) is 0 Å². The van der Waals surface area contributed by atoms with Crippen LogP contribution < -0.4 is 5.32 Å². The molecule has 4 rings (SSSR count). The average molecular weight is 355 g/mol. The number of benzene rings is 1. The maximum absolute atomic E-state index is 13.1. The fourth-order valence-corrected chi connectivity index (χ4v) is 3.85. The summed E-state index contributed by atoms with van der Waals surface area (Å²) in [5.41, 5.74) is 2.66. The standard InChI is InChI=1S/C19H19ClN4O/c1-24-12-22-16-15(8-11-21-17(16)24)18(25)23-19(9-2-3-10-19)13-4-6-14(20)7-5-13/h4-8,11-12H,2-3,9-10H2,1H3,(H,23,25). The van der Waals surface area contributed by atoms with Crippen molar-refractivity contribution in [3.05, 3.63) is 59.0 Å². The van der Waals surface area contributed by atoms with Gasteiger partial charge in [0.25, 0.3) is 5.91 Å². The second-order valence-electron chi connectivity index (χ2n) is 6.64. The minimum absolute atomic E-state index is 0.108. The third-order valence-corrected chi connectivity index (χ3v) is 5.30. The van der Waals surface area contributed by atoms with Crippen molar-refractivity contribution in [2.75, 3.05) is 0 Å². The molecule has 0 aliphatic heterocycles. The number of pyridine rings is 1. The van der Waals surface area contributed by atoms with Crippen LogP contribution in [0.5, 0.6) is 0 Å². The predicted octanol–water partition coefficient (Wildman–Crippen LogP) is 3.82. The molecular weight excluding hydrogens is 336 g/mol. The van der Waals surface area contributed by atoms with Crippen LogP contribution in [0.4, 0.5) is 0 Å². The SMILES string of the molecule is Cn1cnc2c(C(=O)NC3(c4ccc(Cl)cc4)CCCC3)ccnc21. The highest BCUT2D eigenvalue weighted by molar-refractivity contribution is 6.30. The van der Waals surface area contributed by atoms with Gasteiger partial charge >= 0.3 is 0 Å². The molecule has 3 aromatic rings. The van der Waals surface area contributed by atoms with Crippen LogP contribution >= 0.6 is 11.6 Å². The number of imidazole rings is 1. The van der Waals surface area contributed by atoms with Gasteiger partial charge in [-0.15, -0.1) is 0 Å². The quantitative estimate of drug-likeness (QED) is 0.777. The fraction of sp³-hybridized carbons (Fsp3) is 0.316. The minimum Gasteiger partial charge on any atom is -0.342 e. The summed E-state index contributed by atoms with van der Waals surface area (Å²) < 4.78 is 1.82. The van der Waals surface area contributed by atoms with E-state index in [0.29, 0.717) is 21.7 Å². The Morgan fingerprint density at radius 3 is 2.60 bits per heavy atom. The first-order valence-corrected chi connectivity index (χ1v) is 8.81. The predicted molar refractivity (Wildman–Crippen MR) is 97.6 cm³/mol. The summed E-state index contributed by atoms with van der Waals surface area (Å²) in [6.45, 7) is 0. The van der Waals surface area contributed by atoms with E-state index in [1.165, 1.54) is 0 Å². The van der Waals surface area contributed by atoms with Gasteiger partial charge in [0, 0.05) is 18.3 Å². The van der Waals surface area contributed by atoms with E-state index < -0.39 is 0 Å². The highest BCUT2D eigenvalue weighted by Gasteiger charge is 2.37. The van der Waals surface area contributed by atoms with Gasteiger partial charge in [0.05, 0.1) is 17.4 Å². The molecule has 1 fully saturated rings. The first-order chi connectivity index (χ1) is 12.1. The molecule has 0 saturated heterocycles. The molecule has 1 aromatic carbocycles. The van der Waals surface area contributed by atoms with Gasteiger partial charge in [-0.25, -0.2) is 9.97 Å². The van der Waals surface area contributed by atoms with Crippen molar-refractivity contribution in [2.24, 2.45) is 7.05 Å². The topological polar surface area (TPSA) is 59.8 Å². The van der Waals surface area contributed by atoms with Gasteiger partial charge in [0.2, 0.25) is 0 Å². The molecule has 1 aliphatic rings. The van der Waals surface area contributed by atoms with E-state index in [0.717, 1.165) is 31.2 Å². The number of aryl methyl sites for hydroxylation is 1. The Morgan fingerprint density at radius 1 is 1.16 bits per heavy atom. The fourth-order valence-electron chi connectivity index (χ4n) is 3.73. The van der Waals surface area contributed by atoms with Crippen LogP contribution in [0, 0.1) is 0 Å². The summed E-state index contributed by atoms with van der Waals surface area (Å²) in [5, 5.41) is 3.99. The highest BCUT2D eigenvalue weighted by atomic mass is 35.5. The van der Waals surface area contributed by atoms with E-state index in [9.17, 15) is 4.79 Å². The zero-order valence-electron chi connectivity index (χ0n) is 14.0. The summed E-state index contributed by atoms with van der Waals surface area (Å²) in [6.07, 6.45) is 7.38. The molecular formula is C19H19ClN4O. The first-order valence-electron chi connectivity index (χ1n) is 8.44. The molecule has 2 heterocycles. The monoisotopic (exact) mass is 354 g/mol. The highest BCUT2D eigenvalue weighted by Crippen LogP contribution is 2.39. The minimum atomic E-state index is -0.341. The molecule has 0 radical (unpaired) electrons. The van der Waals surface area contributed by atoms with Crippen molar-refractivity contribution < 1.29 is 4.79 Å². The van der Waals surface area contributed by atoms with E-state index >= 15 is 0 Å². The number of hydrogen-bond donors (Lipinski definition) is 1. The van der Waals surface area contributed by atoms with Crippen molar-refractivity contribution in [1.29, 1.82) is 0 Å². The van der Waals surface area contributed by atoms with Crippen LogP contribution in [-0.2, 0) is 12.6 Å². The van der Waals surface area contributed by atoms with E-state index in [2.05, 4.69) is 15.3 Å². The number of fused-ring (bicyclic) bond motifs is 1. The van der Waals surface area contributed by atoms with Gasteiger partial charge in [0.1, 0.15) is 5.52 Å². The number of halogens is 1. The zero-order chi connectivity index (χ0) is 17.4. The van der Waals surface area contributed by atoms with Crippen molar-refractivity contribution in [3.8, 4) is 0 Å². The van der Waals surface area contributed by atoms with Crippen molar-refractivity contribution in [3.63, 3.8) is 0 Å². The second-order valence-corrected chi connectivity index (χ2v) is 7.07. The Balaban J connectivity index is 1.70. The summed E-state index contributed by atoms with van der Waals surface area (Å²) in [5.74, 6) is -0.108. The molecule has 1 saturated carbocycles. The maximum atomic E-state index is 13.1. The van der Waals surface area contributed by atoms with Gasteiger partial charge in [-0.3, -0.25) is 4.79 Å². The first kappa shape index (κ1) is 16.1. The molecule has 1 aliphatic carbocycles. The van der Waals surface area contributed by atoms with Gasteiger partial charge in [0.15, 0.2) is 5.65 Å².